The van der Waals surface area contributed by atoms with Gasteiger partial charge in [0.1, 0.15) is 23.0 Å². The molecule has 3 amide bonds. The van der Waals surface area contributed by atoms with Crippen LogP contribution in [0.4, 0.5) is 14.5 Å². The Balaban J connectivity index is 1.72. The second-order valence-electron chi connectivity index (χ2n) is 6.28. The van der Waals surface area contributed by atoms with Crippen LogP contribution >= 0.6 is 0 Å². The lowest BCUT2D eigenvalue weighted by Crippen LogP contribution is -2.50. The third kappa shape index (κ3) is 4.13. The van der Waals surface area contributed by atoms with Crippen molar-refractivity contribution >= 4 is 23.4 Å². The Morgan fingerprint density at radius 1 is 1.00 bits per heavy atom. The number of amides is 3. The molecule has 0 atom stereocenters. The van der Waals surface area contributed by atoms with E-state index in [1.54, 1.807) is 9.80 Å². The minimum atomic E-state index is -0.913. The van der Waals surface area contributed by atoms with E-state index in [1.165, 1.54) is 31.3 Å². The van der Waals surface area contributed by atoms with Crippen LogP contribution in [0.5, 0.6) is 0 Å². The average molecular weight is 388 g/mol. The van der Waals surface area contributed by atoms with E-state index in [4.69, 9.17) is 0 Å². The summed E-state index contributed by atoms with van der Waals surface area (Å²) in [7, 11) is 0. The van der Waals surface area contributed by atoms with Crippen molar-refractivity contribution in [1.29, 1.82) is 0 Å². The summed E-state index contributed by atoms with van der Waals surface area (Å²) in [5.74, 6) is -3.01. The van der Waals surface area contributed by atoms with Crippen molar-refractivity contribution in [2.24, 2.45) is 0 Å². The first kappa shape index (κ1) is 19.4. The number of hydrogen-bond donors (Lipinski definition) is 1. The van der Waals surface area contributed by atoms with Gasteiger partial charge in [-0.2, -0.15) is 0 Å². The number of nitrogens with one attached hydrogen (secondary N) is 1. The monoisotopic (exact) mass is 388 g/mol. The number of carbonyl (C=O) groups excluding carboxylic acids is 3. The first-order valence-electron chi connectivity index (χ1n) is 8.63. The van der Waals surface area contributed by atoms with Gasteiger partial charge in [0.2, 0.25) is 5.91 Å². The fourth-order valence-electron chi connectivity index (χ4n) is 2.89. The summed E-state index contributed by atoms with van der Waals surface area (Å²) in [5.41, 5.74) is -0.493. The molecule has 2 aromatic rings. The normalized spacial score (nSPS) is 14.0. The van der Waals surface area contributed by atoms with Crippen LogP contribution < -0.4 is 5.32 Å². The number of carbonyl (C=O) groups is 3. The Bertz CT molecular complexity index is 907. The fourth-order valence-corrected chi connectivity index (χ4v) is 2.89. The van der Waals surface area contributed by atoms with Gasteiger partial charge in [-0.25, -0.2) is 8.78 Å². The first-order chi connectivity index (χ1) is 13.4. The molecule has 0 unspecified atom stereocenters. The number of nitrogens with zero attached hydrogens (tertiary/aromatic N) is 3. The second-order valence-corrected chi connectivity index (χ2v) is 6.28. The number of halogens is 2. The molecule has 28 heavy (non-hydrogen) atoms. The molecule has 1 aliphatic rings. The molecule has 0 bridgehead atoms. The number of para-hydroxylation sites is 1. The highest BCUT2D eigenvalue weighted by Crippen LogP contribution is 2.19. The van der Waals surface area contributed by atoms with Gasteiger partial charge in [-0.15, -0.1) is 0 Å². The van der Waals surface area contributed by atoms with Crippen molar-refractivity contribution in [2.45, 2.75) is 6.92 Å². The van der Waals surface area contributed by atoms with Gasteiger partial charge in [0, 0.05) is 44.9 Å². The highest BCUT2D eigenvalue weighted by molar-refractivity contribution is 6.04. The summed E-state index contributed by atoms with van der Waals surface area (Å²) in [6, 6.07) is 5.96. The van der Waals surface area contributed by atoms with E-state index in [2.05, 4.69) is 10.3 Å². The SMILES string of the molecule is CC(=O)N1CCN(C(=O)c2ccnc(C(=O)Nc3c(F)cccc3F)c2)CC1. The smallest absolute Gasteiger partial charge is 0.274 e. The van der Waals surface area contributed by atoms with Crippen LogP contribution in [0, 0.1) is 11.6 Å². The molecule has 0 aliphatic carbocycles. The standard InChI is InChI=1S/C19H18F2N4O3/c1-12(26)24-7-9-25(10-8-24)19(28)13-5-6-22-16(11-13)18(27)23-17-14(20)3-2-4-15(17)21/h2-6,11H,7-10H2,1H3,(H,23,27). The van der Waals surface area contributed by atoms with E-state index in [-0.39, 0.29) is 23.1 Å². The van der Waals surface area contributed by atoms with Crippen LogP contribution in [0.3, 0.4) is 0 Å². The lowest BCUT2D eigenvalue weighted by Gasteiger charge is -2.34. The summed E-state index contributed by atoms with van der Waals surface area (Å²) < 4.78 is 27.4. The summed E-state index contributed by atoms with van der Waals surface area (Å²) in [4.78, 5) is 43.5. The minimum absolute atomic E-state index is 0.0460. The van der Waals surface area contributed by atoms with Crippen LogP contribution in [0.2, 0.25) is 0 Å². The van der Waals surface area contributed by atoms with Crippen molar-refractivity contribution in [3.8, 4) is 0 Å². The van der Waals surface area contributed by atoms with Crippen LogP contribution in [-0.2, 0) is 4.79 Å². The lowest BCUT2D eigenvalue weighted by molar-refractivity contribution is -0.130. The van der Waals surface area contributed by atoms with Crippen LogP contribution in [0.25, 0.3) is 0 Å². The van der Waals surface area contributed by atoms with Gasteiger partial charge in [-0.3, -0.25) is 19.4 Å². The summed E-state index contributed by atoms with van der Waals surface area (Å²) >= 11 is 0. The highest BCUT2D eigenvalue weighted by Gasteiger charge is 2.24. The zero-order valence-electron chi connectivity index (χ0n) is 15.1. The lowest BCUT2D eigenvalue weighted by atomic mass is 10.1. The summed E-state index contributed by atoms with van der Waals surface area (Å²) in [5, 5.41) is 2.14. The molecule has 1 aliphatic heterocycles. The summed E-state index contributed by atoms with van der Waals surface area (Å²) in [6.45, 7) is 3.10. The zero-order chi connectivity index (χ0) is 20.3. The van der Waals surface area contributed by atoms with E-state index >= 15 is 0 Å². The molecule has 0 saturated carbocycles. The van der Waals surface area contributed by atoms with Gasteiger partial charge in [0.15, 0.2) is 0 Å². The maximum atomic E-state index is 13.7. The molecule has 7 nitrogen and oxygen atoms in total. The molecule has 1 aromatic heterocycles. The fraction of sp³-hybridized carbons (Fsp3) is 0.263. The minimum Gasteiger partial charge on any atom is -0.339 e. The van der Waals surface area contributed by atoms with Crippen LogP contribution in [0.15, 0.2) is 36.5 Å². The second kappa shape index (κ2) is 8.12. The molecule has 1 fully saturated rings. The van der Waals surface area contributed by atoms with Crippen molar-refractivity contribution in [3.05, 3.63) is 59.4 Å². The van der Waals surface area contributed by atoms with Crippen molar-refractivity contribution < 1.29 is 23.2 Å². The topological polar surface area (TPSA) is 82.6 Å². The summed E-state index contributed by atoms with van der Waals surface area (Å²) in [6.07, 6.45) is 1.28. The Morgan fingerprint density at radius 2 is 1.61 bits per heavy atom. The van der Waals surface area contributed by atoms with E-state index in [9.17, 15) is 23.2 Å². The molecule has 1 N–H and O–H groups in total. The number of benzene rings is 1. The van der Waals surface area contributed by atoms with Crippen LogP contribution in [-0.4, -0.2) is 58.7 Å². The predicted molar refractivity (Wildman–Crippen MR) is 96.7 cm³/mol. The Morgan fingerprint density at radius 3 is 2.21 bits per heavy atom. The van der Waals surface area contributed by atoms with Gasteiger partial charge in [0.05, 0.1) is 0 Å². The molecular weight excluding hydrogens is 370 g/mol. The van der Waals surface area contributed by atoms with Gasteiger partial charge >= 0.3 is 0 Å². The number of piperazine rings is 1. The molecule has 1 aromatic carbocycles. The van der Waals surface area contributed by atoms with Gasteiger partial charge in [-0.1, -0.05) is 6.07 Å². The maximum Gasteiger partial charge on any atom is 0.274 e. The number of hydrogen-bond acceptors (Lipinski definition) is 4. The molecule has 2 heterocycles. The molecule has 0 radical (unpaired) electrons. The van der Waals surface area contributed by atoms with Crippen molar-refractivity contribution in [3.63, 3.8) is 0 Å². The van der Waals surface area contributed by atoms with E-state index < -0.39 is 23.2 Å². The molecule has 146 valence electrons. The van der Waals surface area contributed by atoms with Crippen LogP contribution in [0.1, 0.15) is 27.8 Å². The first-order valence-corrected chi connectivity index (χ1v) is 8.63. The quantitative estimate of drug-likeness (QED) is 0.871. The number of pyridine rings is 1. The number of anilines is 1. The van der Waals surface area contributed by atoms with Gasteiger partial charge in [0.25, 0.3) is 11.8 Å². The van der Waals surface area contributed by atoms with E-state index in [1.807, 2.05) is 0 Å². The third-order valence-electron chi connectivity index (χ3n) is 4.45. The predicted octanol–water partition coefficient (Wildman–Crippen LogP) is 1.92. The van der Waals surface area contributed by atoms with E-state index in [0.717, 1.165) is 12.1 Å². The number of rotatable bonds is 3. The Kier molecular flexibility index (Phi) is 5.62. The highest BCUT2D eigenvalue weighted by atomic mass is 19.1. The average Bonchev–Trinajstić information content (AvgIpc) is 2.70. The molecular formula is C19H18F2N4O3. The zero-order valence-corrected chi connectivity index (χ0v) is 15.1. The number of aromatic nitrogens is 1. The van der Waals surface area contributed by atoms with E-state index in [0.29, 0.717) is 26.2 Å². The third-order valence-corrected chi connectivity index (χ3v) is 4.45. The Labute approximate surface area is 160 Å². The maximum absolute atomic E-state index is 13.7. The van der Waals surface area contributed by atoms with Gasteiger partial charge in [-0.05, 0) is 24.3 Å². The largest absolute Gasteiger partial charge is 0.339 e. The van der Waals surface area contributed by atoms with Crippen molar-refractivity contribution in [1.82, 2.24) is 14.8 Å². The molecule has 0 spiro atoms. The molecule has 1 saturated heterocycles. The molecule has 9 heteroatoms. The Hall–Kier alpha value is -3.36. The molecule has 3 rings (SSSR count). The van der Waals surface area contributed by atoms with Crippen molar-refractivity contribution in [2.75, 3.05) is 31.5 Å². The van der Waals surface area contributed by atoms with Gasteiger partial charge < -0.3 is 15.1 Å².